The number of pyridine rings is 1. The molecule has 0 fully saturated rings. The first-order valence-corrected chi connectivity index (χ1v) is 7.82. The van der Waals surface area contributed by atoms with Gasteiger partial charge in [0.05, 0.1) is 17.9 Å². The molecule has 0 bridgehead atoms. The van der Waals surface area contributed by atoms with Crippen LogP contribution in [-0.2, 0) is 6.54 Å². The largest absolute Gasteiger partial charge is 0.328 e. The maximum absolute atomic E-state index is 14.0. The number of benzene rings is 1. The molecule has 2 aromatic heterocycles. The van der Waals surface area contributed by atoms with Crippen molar-refractivity contribution in [3.8, 4) is 11.3 Å². The fraction of sp³-hybridized carbons (Fsp3) is 0.0625. The van der Waals surface area contributed by atoms with E-state index in [1.807, 2.05) is 17.5 Å². The smallest absolute Gasteiger partial charge is 0.307 e. The molecule has 0 saturated carbocycles. The molecule has 0 saturated heterocycles. The number of nitrogens with one attached hydrogen (secondary N) is 1. The van der Waals surface area contributed by atoms with Gasteiger partial charge in [0.1, 0.15) is 5.82 Å². The van der Waals surface area contributed by atoms with E-state index in [2.05, 4.69) is 15.3 Å². The zero-order chi connectivity index (χ0) is 15.8. The number of hydrogen-bond acceptors (Lipinski definition) is 4. The zero-order valence-electron chi connectivity index (χ0n) is 11.9. The zero-order valence-corrected chi connectivity index (χ0v) is 12.7. The van der Waals surface area contributed by atoms with Crippen LogP contribution in [0, 0.1) is 5.82 Å². The Balaban J connectivity index is 1.68. The number of anilines is 2. The normalized spacial score (nSPS) is 13.6. The Kier molecular flexibility index (Phi) is 3.27. The number of rotatable bonds is 2. The second-order valence-electron chi connectivity index (χ2n) is 5.03. The van der Waals surface area contributed by atoms with Crippen molar-refractivity contribution in [1.29, 1.82) is 0 Å². The van der Waals surface area contributed by atoms with Crippen LogP contribution >= 0.6 is 11.3 Å². The second-order valence-corrected chi connectivity index (χ2v) is 5.87. The quantitative estimate of drug-likeness (QED) is 0.777. The predicted molar refractivity (Wildman–Crippen MR) is 86.9 cm³/mol. The van der Waals surface area contributed by atoms with Crippen LogP contribution in [0.5, 0.6) is 0 Å². The Hall–Kier alpha value is -2.80. The summed E-state index contributed by atoms with van der Waals surface area (Å²) in [4.78, 5) is 22.2. The van der Waals surface area contributed by atoms with E-state index in [-0.39, 0.29) is 18.4 Å². The molecule has 1 aliphatic rings. The van der Waals surface area contributed by atoms with E-state index in [1.54, 1.807) is 24.5 Å². The standard InChI is InChI=1S/C16H11FN4OS/c17-12-2-1-3-13-11(12)8-21(15(22)19-13)16-20-14(9-23-16)10-4-6-18-7-5-10/h1-7,9H,8H2,(H,19,22). The molecule has 1 N–H and O–H groups in total. The van der Waals surface area contributed by atoms with E-state index in [1.165, 1.54) is 22.3 Å². The van der Waals surface area contributed by atoms with Gasteiger partial charge in [0, 0.05) is 28.9 Å². The van der Waals surface area contributed by atoms with Gasteiger partial charge < -0.3 is 5.32 Å². The molecule has 23 heavy (non-hydrogen) atoms. The Morgan fingerprint density at radius 1 is 1.22 bits per heavy atom. The van der Waals surface area contributed by atoms with Crippen molar-refractivity contribution < 1.29 is 9.18 Å². The van der Waals surface area contributed by atoms with Gasteiger partial charge >= 0.3 is 6.03 Å². The molecule has 0 unspecified atom stereocenters. The maximum Gasteiger partial charge on any atom is 0.328 e. The van der Waals surface area contributed by atoms with Crippen LogP contribution in [0.15, 0.2) is 48.1 Å². The van der Waals surface area contributed by atoms with Crippen LogP contribution in [0.1, 0.15) is 5.56 Å². The summed E-state index contributed by atoms with van der Waals surface area (Å²) in [5.41, 5.74) is 2.66. The summed E-state index contributed by atoms with van der Waals surface area (Å²) in [5.74, 6) is -0.335. The van der Waals surface area contributed by atoms with Crippen molar-refractivity contribution in [2.75, 3.05) is 10.2 Å². The third-order valence-electron chi connectivity index (χ3n) is 3.62. The summed E-state index contributed by atoms with van der Waals surface area (Å²) in [6, 6.07) is 8.05. The number of nitrogens with zero attached hydrogens (tertiary/aromatic N) is 3. The van der Waals surface area contributed by atoms with Gasteiger partial charge in [0.25, 0.3) is 0 Å². The lowest BCUT2D eigenvalue weighted by Crippen LogP contribution is -2.39. The van der Waals surface area contributed by atoms with Gasteiger partial charge in [-0.05, 0) is 24.3 Å². The van der Waals surface area contributed by atoms with Gasteiger partial charge in [-0.15, -0.1) is 11.3 Å². The van der Waals surface area contributed by atoms with Crippen molar-refractivity contribution in [2.45, 2.75) is 6.54 Å². The monoisotopic (exact) mass is 326 g/mol. The number of carbonyl (C=O) groups excluding carboxylic acids is 1. The summed E-state index contributed by atoms with van der Waals surface area (Å²) in [5, 5.41) is 5.10. The first kappa shape index (κ1) is 13.8. The molecule has 4 rings (SSSR count). The molecular formula is C16H11FN4OS. The summed E-state index contributed by atoms with van der Waals surface area (Å²) in [6.07, 6.45) is 3.38. The third kappa shape index (κ3) is 2.44. The lowest BCUT2D eigenvalue weighted by molar-refractivity contribution is 0.256. The van der Waals surface area contributed by atoms with Crippen LogP contribution in [0.4, 0.5) is 20.0 Å². The number of fused-ring (bicyclic) bond motifs is 1. The lowest BCUT2D eigenvalue weighted by atomic mass is 10.1. The molecule has 7 heteroatoms. The van der Waals surface area contributed by atoms with E-state index in [4.69, 9.17) is 0 Å². The van der Waals surface area contributed by atoms with E-state index >= 15 is 0 Å². The highest BCUT2D eigenvalue weighted by molar-refractivity contribution is 7.14. The van der Waals surface area contributed by atoms with Crippen LogP contribution in [0.3, 0.4) is 0 Å². The number of carbonyl (C=O) groups is 1. The lowest BCUT2D eigenvalue weighted by Gasteiger charge is -2.27. The van der Waals surface area contributed by atoms with Crippen molar-refractivity contribution in [3.05, 3.63) is 59.5 Å². The number of amides is 2. The molecule has 5 nitrogen and oxygen atoms in total. The second kappa shape index (κ2) is 5.44. The Morgan fingerprint density at radius 3 is 2.87 bits per heavy atom. The molecular weight excluding hydrogens is 315 g/mol. The van der Waals surface area contributed by atoms with Gasteiger partial charge in [0.2, 0.25) is 0 Å². The minimum absolute atomic E-state index is 0.164. The molecule has 2 amide bonds. The molecule has 1 aliphatic heterocycles. The number of urea groups is 1. The van der Waals surface area contributed by atoms with E-state index < -0.39 is 0 Å². The highest BCUT2D eigenvalue weighted by Gasteiger charge is 2.27. The summed E-state index contributed by atoms with van der Waals surface area (Å²) >= 11 is 1.35. The van der Waals surface area contributed by atoms with Gasteiger partial charge in [-0.3, -0.25) is 9.88 Å². The van der Waals surface area contributed by atoms with Crippen molar-refractivity contribution in [2.24, 2.45) is 0 Å². The van der Waals surface area contributed by atoms with Crippen molar-refractivity contribution >= 4 is 28.2 Å². The average Bonchev–Trinajstić information content (AvgIpc) is 3.05. The predicted octanol–water partition coefficient (Wildman–Crippen LogP) is 3.90. The van der Waals surface area contributed by atoms with Gasteiger partial charge in [-0.2, -0.15) is 0 Å². The highest BCUT2D eigenvalue weighted by atomic mass is 32.1. The molecule has 0 aliphatic carbocycles. The summed E-state index contributed by atoms with van der Waals surface area (Å²) < 4.78 is 14.0. The Bertz CT molecular complexity index is 881. The van der Waals surface area contributed by atoms with Crippen molar-refractivity contribution in [3.63, 3.8) is 0 Å². The number of hydrogen-bond donors (Lipinski definition) is 1. The topological polar surface area (TPSA) is 58.1 Å². The average molecular weight is 326 g/mol. The van der Waals surface area contributed by atoms with Crippen molar-refractivity contribution in [1.82, 2.24) is 9.97 Å². The molecule has 3 heterocycles. The van der Waals surface area contributed by atoms with E-state index in [0.717, 1.165) is 11.3 Å². The molecule has 0 radical (unpaired) electrons. The molecule has 1 aromatic carbocycles. The Labute approximate surface area is 135 Å². The van der Waals surface area contributed by atoms with Gasteiger partial charge in [-0.1, -0.05) is 6.07 Å². The first-order valence-electron chi connectivity index (χ1n) is 6.94. The van der Waals surface area contributed by atoms with Crippen LogP contribution < -0.4 is 10.2 Å². The SMILES string of the molecule is O=C1Nc2cccc(F)c2CN1c1nc(-c2ccncc2)cs1. The van der Waals surface area contributed by atoms with Crippen LogP contribution in [-0.4, -0.2) is 16.0 Å². The fourth-order valence-corrected chi connectivity index (χ4v) is 3.28. The van der Waals surface area contributed by atoms with E-state index in [0.29, 0.717) is 16.4 Å². The molecule has 0 spiro atoms. The first-order chi connectivity index (χ1) is 11.2. The molecule has 114 valence electrons. The number of halogens is 1. The van der Waals surface area contributed by atoms with Crippen LogP contribution in [0.2, 0.25) is 0 Å². The third-order valence-corrected chi connectivity index (χ3v) is 4.48. The van der Waals surface area contributed by atoms with Crippen LogP contribution in [0.25, 0.3) is 11.3 Å². The number of thiazole rings is 1. The van der Waals surface area contributed by atoms with Gasteiger partial charge in [0.15, 0.2) is 5.13 Å². The van der Waals surface area contributed by atoms with Gasteiger partial charge in [-0.25, -0.2) is 14.2 Å². The highest BCUT2D eigenvalue weighted by Crippen LogP contribution is 2.32. The minimum Gasteiger partial charge on any atom is -0.307 e. The van der Waals surface area contributed by atoms with E-state index in [9.17, 15) is 9.18 Å². The molecule has 0 atom stereocenters. The minimum atomic E-state index is -0.335. The fourth-order valence-electron chi connectivity index (χ4n) is 2.45. The Morgan fingerprint density at radius 2 is 2.04 bits per heavy atom. The maximum atomic E-state index is 14.0. The number of aromatic nitrogens is 2. The molecule has 3 aromatic rings. The summed E-state index contributed by atoms with van der Waals surface area (Å²) in [7, 11) is 0. The summed E-state index contributed by atoms with van der Waals surface area (Å²) in [6.45, 7) is 0.164.